The van der Waals surface area contributed by atoms with E-state index in [1.54, 1.807) is 14.2 Å². The fourth-order valence-electron chi connectivity index (χ4n) is 2.33. The van der Waals surface area contributed by atoms with Gasteiger partial charge in [0.25, 0.3) is 0 Å². The lowest BCUT2D eigenvalue weighted by Gasteiger charge is -2.18. The van der Waals surface area contributed by atoms with Crippen LogP contribution in [-0.2, 0) is 4.79 Å². The van der Waals surface area contributed by atoms with Gasteiger partial charge < -0.3 is 9.47 Å². The Labute approximate surface area is 112 Å². The maximum Gasteiger partial charge on any atom is 0.222 e. The summed E-state index contributed by atoms with van der Waals surface area (Å²) in [7, 11) is 3.27. The molecule has 0 saturated heterocycles. The van der Waals surface area contributed by atoms with Gasteiger partial charge in [-0.05, 0) is 54.5 Å². The first-order chi connectivity index (χ1) is 8.65. The van der Waals surface area contributed by atoms with Crippen molar-refractivity contribution in [2.45, 2.75) is 25.2 Å². The molecule has 2 rings (SSSR count). The fraction of sp³-hybridized carbons (Fsp3) is 0.500. The molecule has 1 atom stereocenters. The predicted molar refractivity (Wildman–Crippen MR) is 70.5 cm³/mol. The van der Waals surface area contributed by atoms with Crippen molar-refractivity contribution in [3.63, 3.8) is 0 Å². The average Bonchev–Trinajstić information content (AvgIpc) is 3.19. The van der Waals surface area contributed by atoms with E-state index in [2.05, 4.69) is 0 Å². The molecule has 0 N–H and O–H groups in total. The van der Waals surface area contributed by atoms with Gasteiger partial charge in [0.2, 0.25) is 5.24 Å². The van der Waals surface area contributed by atoms with Gasteiger partial charge in [-0.15, -0.1) is 0 Å². The lowest BCUT2D eigenvalue weighted by molar-refractivity contribution is -0.112. The van der Waals surface area contributed by atoms with Gasteiger partial charge in [0.15, 0.2) is 0 Å². The summed E-state index contributed by atoms with van der Waals surface area (Å²) in [5, 5.41) is -0.295. The molecule has 1 fully saturated rings. The minimum Gasteiger partial charge on any atom is -0.497 e. The maximum atomic E-state index is 11.2. The Morgan fingerprint density at radius 3 is 2.61 bits per heavy atom. The van der Waals surface area contributed by atoms with Gasteiger partial charge in [-0.1, -0.05) is 0 Å². The summed E-state index contributed by atoms with van der Waals surface area (Å²) in [5.41, 5.74) is 1.02. The highest BCUT2D eigenvalue weighted by atomic mass is 35.5. The van der Waals surface area contributed by atoms with E-state index in [9.17, 15) is 4.79 Å². The van der Waals surface area contributed by atoms with Gasteiger partial charge in [-0.25, -0.2) is 0 Å². The van der Waals surface area contributed by atoms with Crippen LogP contribution in [0.25, 0.3) is 0 Å². The number of ether oxygens (including phenoxy) is 2. The Morgan fingerprint density at radius 2 is 2.11 bits per heavy atom. The predicted octanol–water partition coefficient (Wildman–Crippen LogP) is 3.35. The molecule has 1 saturated carbocycles. The SMILES string of the molecule is COc1ccc(OC)c(C(CC(=O)Cl)C2CC2)c1. The zero-order chi connectivity index (χ0) is 13.1. The van der Waals surface area contributed by atoms with Crippen LogP contribution < -0.4 is 9.47 Å². The fourth-order valence-corrected chi connectivity index (χ4v) is 2.50. The second kappa shape index (κ2) is 5.61. The topological polar surface area (TPSA) is 35.5 Å². The van der Waals surface area contributed by atoms with Crippen molar-refractivity contribution in [1.29, 1.82) is 0 Å². The Bertz CT molecular complexity index is 441. The van der Waals surface area contributed by atoms with E-state index in [1.807, 2.05) is 18.2 Å². The minimum absolute atomic E-state index is 0.139. The highest BCUT2D eigenvalue weighted by Gasteiger charge is 2.35. The van der Waals surface area contributed by atoms with Crippen molar-refractivity contribution in [1.82, 2.24) is 0 Å². The van der Waals surface area contributed by atoms with E-state index < -0.39 is 0 Å². The van der Waals surface area contributed by atoms with Crippen molar-refractivity contribution < 1.29 is 14.3 Å². The van der Waals surface area contributed by atoms with Crippen LogP contribution in [0.2, 0.25) is 0 Å². The summed E-state index contributed by atoms with van der Waals surface area (Å²) in [4.78, 5) is 11.2. The Kier molecular flexibility index (Phi) is 4.12. The number of hydrogen-bond acceptors (Lipinski definition) is 3. The van der Waals surface area contributed by atoms with E-state index in [-0.39, 0.29) is 11.2 Å². The molecule has 98 valence electrons. The monoisotopic (exact) mass is 268 g/mol. The first-order valence-corrected chi connectivity index (χ1v) is 6.43. The van der Waals surface area contributed by atoms with Crippen LogP contribution >= 0.6 is 11.6 Å². The maximum absolute atomic E-state index is 11.2. The van der Waals surface area contributed by atoms with Crippen LogP contribution in [0.5, 0.6) is 11.5 Å². The van der Waals surface area contributed by atoms with E-state index in [1.165, 1.54) is 0 Å². The molecule has 3 nitrogen and oxygen atoms in total. The van der Waals surface area contributed by atoms with Gasteiger partial charge in [-0.3, -0.25) is 4.79 Å². The van der Waals surface area contributed by atoms with Gasteiger partial charge in [0.1, 0.15) is 11.5 Å². The van der Waals surface area contributed by atoms with E-state index in [0.717, 1.165) is 29.9 Å². The van der Waals surface area contributed by atoms with Crippen LogP contribution in [0.15, 0.2) is 18.2 Å². The lowest BCUT2D eigenvalue weighted by Crippen LogP contribution is -2.07. The van der Waals surface area contributed by atoms with Crippen LogP contribution in [0, 0.1) is 5.92 Å². The molecule has 1 aromatic carbocycles. The Balaban J connectivity index is 2.34. The van der Waals surface area contributed by atoms with E-state index in [0.29, 0.717) is 12.3 Å². The molecule has 1 aromatic rings. The van der Waals surface area contributed by atoms with Crippen LogP contribution in [0.1, 0.15) is 30.7 Å². The van der Waals surface area contributed by atoms with E-state index >= 15 is 0 Å². The number of halogens is 1. The minimum atomic E-state index is -0.295. The zero-order valence-electron chi connectivity index (χ0n) is 10.6. The molecule has 18 heavy (non-hydrogen) atoms. The van der Waals surface area contributed by atoms with Crippen molar-refractivity contribution in [2.24, 2.45) is 5.92 Å². The first kappa shape index (κ1) is 13.2. The standard InChI is InChI=1S/C14H17ClO3/c1-17-10-5-6-13(18-2)12(7-10)11(8-14(15)16)9-3-4-9/h5-7,9,11H,3-4,8H2,1-2H3. The quantitative estimate of drug-likeness (QED) is 0.742. The molecule has 0 aliphatic heterocycles. The number of benzene rings is 1. The summed E-state index contributed by atoms with van der Waals surface area (Å²) in [6, 6.07) is 5.68. The number of carbonyl (C=O) groups is 1. The lowest BCUT2D eigenvalue weighted by atomic mass is 9.90. The molecule has 0 heterocycles. The molecular formula is C14H17ClO3. The smallest absolute Gasteiger partial charge is 0.222 e. The third kappa shape index (κ3) is 2.96. The summed E-state index contributed by atoms with van der Waals surface area (Å²) in [6.45, 7) is 0. The molecule has 0 spiro atoms. The van der Waals surface area contributed by atoms with Crippen molar-refractivity contribution in [3.05, 3.63) is 23.8 Å². The van der Waals surface area contributed by atoms with Crippen molar-refractivity contribution >= 4 is 16.8 Å². The molecule has 0 aromatic heterocycles. The van der Waals surface area contributed by atoms with Gasteiger partial charge in [0.05, 0.1) is 14.2 Å². The molecule has 1 unspecified atom stereocenters. The molecule has 1 aliphatic carbocycles. The van der Waals surface area contributed by atoms with Gasteiger partial charge in [-0.2, -0.15) is 0 Å². The molecule has 0 bridgehead atoms. The molecule has 1 aliphatic rings. The normalized spacial score (nSPS) is 16.2. The molecular weight excluding hydrogens is 252 g/mol. The summed E-state index contributed by atoms with van der Waals surface area (Å²) in [5.74, 6) is 2.25. The van der Waals surface area contributed by atoms with Gasteiger partial charge in [0, 0.05) is 12.0 Å². The van der Waals surface area contributed by atoms with Gasteiger partial charge >= 0.3 is 0 Å². The molecule has 4 heteroatoms. The third-order valence-electron chi connectivity index (χ3n) is 3.41. The Morgan fingerprint density at radius 1 is 1.39 bits per heavy atom. The summed E-state index contributed by atoms with van der Waals surface area (Å²) < 4.78 is 10.6. The molecule has 0 radical (unpaired) electrons. The van der Waals surface area contributed by atoms with Crippen LogP contribution in [0.4, 0.5) is 0 Å². The Hall–Kier alpha value is -1.22. The second-order valence-corrected chi connectivity index (χ2v) is 5.03. The third-order valence-corrected chi connectivity index (χ3v) is 3.56. The number of methoxy groups -OCH3 is 2. The highest BCUT2D eigenvalue weighted by Crippen LogP contribution is 2.47. The van der Waals surface area contributed by atoms with Crippen molar-refractivity contribution in [3.8, 4) is 11.5 Å². The largest absolute Gasteiger partial charge is 0.497 e. The number of carbonyl (C=O) groups excluding carboxylic acids is 1. The van der Waals surface area contributed by atoms with Crippen molar-refractivity contribution in [2.75, 3.05) is 14.2 Å². The summed E-state index contributed by atoms with van der Waals surface area (Å²) >= 11 is 5.55. The van der Waals surface area contributed by atoms with Crippen LogP contribution in [-0.4, -0.2) is 19.5 Å². The number of hydrogen-bond donors (Lipinski definition) is 0. The highest BCUT2D eigenvalue weighted by molar-refractivity contribution is 6.63. The van der Waals surface area contributed by atoms with Crippen LogP contribution in [0.3, 0.4) is 0 Å². The zero-order valence-corrected chi connectivity index (χ0v) is 11.4. The van der Waals surface area contributed by atoms with E-state index in [4.69, 9.17) is 21.1 Å². The second-order valence-electron chi connectivity index (χ2n) is 4.61. The first-order valence-electron chi connectivity index (χ1n) is 6.06. The number of rotatable bonds is 6. The summed E-state index contributed by atoms with van der Waals surface area (Å²) in [6.07, 6.45) is 2.65. The molecule has 0 amide bonds. The average molecular weight is 269 g/mol.